The molecule has 0 aromatic carbocycles. The topological polar surface area (TPSA) is 41.1 Å². The molecule has 0 radical (unpaired) electrons. The van der Waals surface area contributed by atoms with Gasteiger partial charge in [0, 0.05) is 12.6 Å². The first-order valence-corrected chi connectivity index (χ1v) is 5.75. The number of carbonyl (C=O) groups is 1. The van der Waals surface area contributed by atoms with Crippen LogP contribution in [0.3, 0.4) is 0 Å². The third-order valence-corrected chi connectivity index (χ3v) is 3.32. The molecule has 1 aromatic heterocycles. The number of hydrogen-bond donors (Lipinski definition) is 2. The molecule has 2 heterocycles. The van der Waals surface area contributed by atoms with Crippen molar-refractivity contribution in [1.82, 2.24) is 10.6 Å². The third-order valence-electron chi connectivity index (χ3n) is 2.41. The van der Waals surface area contributed by atoms with Gasteiger partial charge in [0.15, 0.2) is 5.78 Å². The summed E-state index contributed by atoms with van der Waals surface area (Å²) in [5.74, 6) is 0.201. The summed E-state index contributed by atoms with van der Waals surface area (Å²) in [6.45, 7) is 2.51. The van der Waals surface area contributed by atoms with Gasteiger partial charge in [-0.1, -0.05) is 6.07 Å². The molecule has 0 bridgehead atoms. The molecule has 1 unspecified atom stereocenters. The van der Waals surface area contributed by atoms with Crippen LogP contribution in [0.25, 0.3) is 0 Å². The van der Waals surface area contributed by atoms with Crippen molar-refractivity contribution in [3.05, 3.63) is 22.4 Å². The monoisotopic (exact) mass is 246 g/mol. The number of nitrogens with one attached hydrogen (secondary N) is 2. The molecule has 2 N–H and O–H groups in total. The normalized spacial score (nSPS) is 19.9. The number of hydrogen-bond acceptors (Lipinski definition) is 4. The van der Waals surface area contributed by atoms with E-state index in [2.05, 4.69) is 10.6 Å². The van der Waals surface area contributed by atoms with E-state index in [1.165, 1.54) is 11.3 Å². The number of carbonyl (C=O) groups excluding carboxylic acids is 1. The quantitative estimate of drug-likeness (QED) is 0.787. The van der Waals surface area contributed by atoms with Gasteiger partial charge in [-0.15, -0.1) is 23.7 Å². The van der Waals surface area contributed by atoms with Crippen LogP contribution in [0.15, 0.2) is 17.5 Å². The molecule has 1 saturated heterocycles. The minimum absolute atomic E-state index is 0. The average molecular weight is 247 g/mol. The molecular formula is C10H15ClN2OS. The van der Waals surface area contributed by atoms with Crippen LogP contribution in [0.4, 0.5) is 0 Å². The van der Waals surface area contributed by atoms with Crippen molar-refractivity contribution >= 4 is 29.5 Å². The maximum absolute atomic E-state index is 11.6. The van der Waals surface area contributed by atoms with Gasteiger partial charge in [0.25, 0.3) is 0 Å². The predicted molar refractivity (Wildman–Crippen MR) is 65.2 cm³/mol. The Balaban J connectivity index is 0.00000112. The molecule has 0 saturated carbocycles. The maximum atomic E-state index is 11.6. The van der Waals surface area contributed by atoms with E-state index in [1.54, 1.807) is 0 Å². The number of Topliss-reactive ketones (excluding diaryl/α,β-unsaturated/α-hetero) is 1. The van der Waals surface area contributed by atoms with Crippen LogP contribution >= 0.6 is 23.7 Å². The number of halogens is 1. The molecule has 0 spiro atoms. The largest absolute Gasteiger partial charge is 0.315 e. The van der Waals surface area contributed by atoms with E-state index >= 15 is 0 Å². The predicted octanol–water partition coefficient (Wildman–Crippen LogP) is 1.30. The van der Waals surface area contributed by atoms with Crippen LogP contribution in [0.1, 0.15) is 16.1 Å². The lowest BCUT2D eigenvalue weighted by Gasteiger charge is -2.09. The second-order valence-corrected chi connectivity index (χ2v) is 4.42. The molecule has 15 heavy (non-hydrogen) atoms. The molecule has 84 valence electrons. The van der Waals surface area contributed by atoms with Crippen LogP contribution in [0, 0.1) is 0 Å². The highest BCUT2D eigenvalue weighted by Crippen LogP contribution is 2.08. The first-order chi connectivity index (χ1) is 6.86. The van der Waals surface area contributed by atoms with E-state index in [0.717, 1.165) is 24.4 Å². The Morgan fingerprint density at radius 1 is 1.67 bits per heavy atom. The summed E-state index contributed by atoms with van der Waals surface area (Å²) in [7, 11) is 0. The number of ketones is 1. The van der Waals surface area contributed by atoms with Crippen LogP contribution < -0.4 is 10.6 Å². The lowest BCUT2D eigenvalue weighted by Crippen LogP contribution is -2.34. The molecule has 2 rings (SSSR count). The molecule has 1 aliphatic heterocycles. The highest BCUT2D eigenvalue weighted by atomic mass is 35.5. The van der Waals surface area contributed by atoms with Crippen LogP contribution in [-0.2, 0) is 0 Å². The molecule has 5 heteroatoms. The number of thiophene rings is 1. The van der Waals surface area contributed by atoms with Gasteiger partial charge >= 0.3 is 0 Å². The fourth-order valence-electron chi connectivity index (χ4n) is 1.59. The lowest BCUT2D eigenvalue weighted by atomic mass is 10.2. The van der Waals surface area contributed by atoms with Crippen molar-refractivity contribution in [3.63, 3.8) is 0 Å². The molecule has 3 nitrogen and oxygen atoms in total. The smallest absolute Gasteiger partial charge is 0.186 e. The Kier molecular flexibility index (Phi) is 5.25. The Labute approximate surface area is 99.7 Å². The Hall–Kier alpha value is -0.420. The first-order valence-electron chi connectivity index (χ1n) is 4.87. The van der Waals surface area contributed by atoms with Crippen molar-refractivity contribution in [2.24, 2.45) is 0 Å². The summed E-state index contributed by atoms with van der Waals surface area (Å²) in [6, 6.07) is 4.26. The molecule has 1 atom stereocenters. The zero-order valence-corrected chi connectivity index (χ0v) is 10.00. The zero-order chi connectivity index (χ0) is 9.80. The summed E-state index contributed by atoms with van der Waals surface area (Å²) in [6.07, 6.45) is 1.12. The zero-order valence-electron chi connectivity index (χ0n) is 8.36. The third kappa shape index (κ3) is 3.57. The van der Waals surface area contributed by atoms with Gasteiger partial charge in [-0.25, -0.2) is 0 Å². The SMILES string of the molecule is Cl.O=C(CNC1CCNC1)c1cccs1. The van der Waals surface area contributed by atoms with E-state index in [0.29, 0.717) is 12.6 Å². The van der Waals surface area contributed by atoms with E-state index in [-0.39, 0.29) is 18.2 Å². The van der Waals surface area contributed by atoms with Crippen molar-refractivity contribution in [1.29, 1.82) is 0 Å². The fraction of sp³-hybridized carbons (Fsp3) is 0.500. The fourth-order valence-corrected chi connectivity index (χ4v) is 2.25. The van der Waals surface area contributed by atoms with Gasteiger partial charge in [0.1, 0.15) is 0 Å². The second kappa shape index (κ2) is 6.23. The van der Waals surface area contributed by atoms with Crippen molar-refractivity contribution < 1.29 is 4.79 Å². The lowest BCUT2D eigenvalue weighted by molar-refractivity contribution is 0.0992. The molecule has 1 aromatic rings. The summed E-state index contributed by atoms with van der Waals surface area (Å²) in [4.78, 5) is 12.4. The summed E-state index contributed by atoms with van der Waals surface area (Å²) < 4.78 is 0. The number of rotatable bonds is 4. The summed E-state index contributed by atoms with van der Waals surface area (Å²) in [5, 5.41) is 8.46. The molecular weight excluding hydrogens is 232 g/mol. The van der Waals surface area contributed by atoms with Gasteiger partial charge in [-0.05, 0) is 24.4 Å². The van der Waals surface area contributed by atoms with Crippen molar-refractivity contribution in [2.75, 3.05) is 19.6 Å². The van der Waals surface area contributed by atoms with E-state index in [4.69, 9.17) is 0 Å². The van der Waals surface area contributed by atoms with E-state index in [9.17, 15) is 4.79 Å². The van der Waals surface area contributed by atoms with Crippen LogP contribution in [0.5, 0.6) is 0 Å². The minimum Gasteiger partial charge on any atom is -0.315 e. The van der Waals surface area contributed by atoms with E-state index in [1.807, 2.05) is 17.5 Å². The minimum atomic E-state index is 0. The van der Waals surface area contributed by atoms with Crippen molar-refractivity contribution in [3.8, 4) is 0 Å². The van der Waals surface area contributed by atoms with Crippen LogP contribution in [-0.4, -0.2) is 31.5 Å². The summed E-state index contributed by atoms with van der Waals surface area (Å²) in [5.41, 5.74) is 0. The van der Waals surface area contributed by atoms with Gasteiger partial charge in [0.2, 0.25) is 0 Å². The maximum Gasteiger partial charge on any atom is 0.186 e. The highest BCUT2D eigenvalue weighted by Gasteiger charge is 2.15. The molecule has 1 aliphatic rings. The van der Waals surface area contributed by atoms with Crippen molar-refractivity contribution in [2.45, 2.75) is 12.5 Å². The molecule has 0 aliphatic carbocycles. The Morgan fingerprint density at radius 3 is 3.13 bits per heavy atom. The molecule has 0 amide bonds. The first kappa shape index (κ1) is 12.6. The van der Waals surface area contributed by atoms with Gasteiger partial charge in [-0.3, -0.25) is 4.79 Å². The molecule has 1 fully saturated rings. The van der Waals surface area contributed by atoms with Gasteiger partial charge in [-0.2, -0.15) is 0 Å². The average Bonchev–Trinajstić information content (AvgIpc) is 2.87. The summed E-state index contributed by atoms with van der Waals surface area (Å²) >= 11 is 1.51. The van der Waals surface area contributed by atoms with Gasteiger partial charge in [0.05, 0.1) is 11.4 Å². The Bertz CT molecular complexity index is 296. The van der Waals surface area contributed by atoms with Gasteiger partial charge < -0.3 is 10.6 Å². The van der Waals surface area contributed by atoms with Crippen LogP contribution in [0.2, 0.25) is 0 Å². The Morgan fingerprint density at radius 2 is 2.53 bits per heavy atom. The van der Waals surface area contributed by atoms with E-state index < -0.39 is 0 Å². The standard InChI is InChI=1S/C10H14N2OS.ClH/c13-9(10-2-1-5-14-10)7-12-8-3-4-11-6-8;/h1-2,5,8,11-12H,3-4,6-7H2;1H. The second-order valence-electron chi connectivity index (χ2n) is 3.47. The highest BCUT2D eigenvalue weighted by molar-refractivity contribution is 7.12.